The minimum absolute atomic E-state index is 0. The van der Waals surface area contributed by atoms with Gasteiger partial charge in [-0.05, 0) is 12.1 Å². The van der Waals surface area contributed by atoms with E-state index in [1.807, 2.05) is 0 Å². The molecule has 0 fully saturated rings. The third-order valence-electron chi connectivity index (χ3n) is 4.43. The van der Waals surface area contributed by atoms with Gasteiger partial charge in [-0.2, -0.15) is 0 Å². The Morgan fingerprint density at radius 1 is 1.04 bits per heavy atom. The SMILES string of the molecule is O=C([O-])CCn1c2c(c3ccc(Br)cc3c1=O)C(=O)c1ccccc1-2.[Li+]. The van der Waals surface area contributed by atoms with E-state index < -0.39 is 5.97 Å². The van der Waals surface area contributed by atoms with E-state index in [1.54, 1.807) is 42.5 Å². The third kappa shape index (κ3) is 2.75. The monoisotopic (exact) mass is 403 g/mol. The van der Waals surface area contributed by atoms with Gasteiger partial charge in [0.2, 0.25) is 0 Å². The van der Waals surface area contributed by atoms with Crippen LogP contribution in [-0.2, 0) is 11.3 Å². The van der Waals surface area contributed by atoms with E-state index in [-0.39, 0.29) is 43.2 Å². The normalized spacial score (nSPS) is 11.8. The number of aromatic nitrogens is 1. The predicted octanol–water partition coefficient (Wildman–Crippen LogP) is -0.881. The number of hydrogen-bond acceptors (Lipinski definition) is 4. The van der Waals surface area contributed by atoms with Gasteiger partial charge in [-0.3, -0.25) is 9.59 Å². The van der Waals surface area contributed by atoms with Crippen LogP contribution in [0.2, 0.25) is 0 Å². The van der Waals surface area contributed by atoms with Crippen molar-refractivity contribution >= 4 is 38.5 Å². The van der Waals surface area contributed by atoms with Crippen molar-refractivity contribution in [2.45, 2.75) is 13.0 Å². The van der Waals surface area contributed by atoms with E-state index in [9.17, 15) is 19.5 Å². The molecule has 1 aromatic heterocycles. The van der Waals surface area contributed by atoms with Crippen LogP contribution in [0.5, 0.6) is 0 Å². The number of rotatable bonds is 3. The summed E-state index contributed by atoms with van der Waals surface area (Å²) in [6.07, 6.45) is -0.303. The van der Waals surface area contributed by atoms with Crippen LogP contribution >= 0.6 is 15.9 Å². The summed E-state index contributed by atoms with van der Waals surface area (Å²) in [7, 11) is 0. The molecule has 26 heavy (non-hydrogen) atoms. The molecule has 5 nitrogen and oxygen atoms in total. The van der Waals surface area contributed by atoms with Crippen LogP contribution in [0.4, 0.5) is 0 Å². The molecule has 2 aromatic carbocycles. The van der Waals surface area contributed by atoms with Crippen molar-refractivity contribution in [2.75, 3.05) is 0 Å². The fourth-order valence-corrected chi connectivity index (χ4v) is 3.73. The molecule has 0 atom stereocenters. The quantitative estimate of drug-likeness (QED) is 0.416. The first-order chi connectivity index (χ1) is 12.0. The Morgan fingerprint density at radius 3 is 2.42 bits per heavy atom. The number of hydrogen-bond donors (Lipinski definition) is 0. The number of pyridine rings is 1. The van der Waals surface area contributed by atoms with Gasteiger partial charge < -0.3 is 14.5 Å². The molecule has 0 saturated heterocycles. The van der Waals surface area contributed by atoms with Crippen molar-refractivity contribution in [2.24, 2.45) is 0 Å². The number of carboxylic acids is 1. The Bertz CT molecular complexity index is 1140. The summed E-state index contributed by atoms with van der Waals surface area (Å²) in [5.74, 6) is -1.40. The van der Waals surface area contributed by atoms with Crippen LogP contribution in [0.15, 0.2) is 51.7 Å². The van der Waals surface area contributed by atoms with Crippen molar-refractivity contribution in [3.8, 4) is 11.3 Å². The minimum Gasteiger partial charge on any atom is -0.550 e. The maximum atomic E-state index is 13.0. The molecule has 7 heteroatoms. The van der Waals surface area contributed by atoms with Crippen LogP contribution in [0.1, 0.15) is 22.3 Å². The number of nitrogens with zero attached hydrogens (tertiary/aromatic N) is 1. The van der Waals surface area contributed by atoms with E-state index in [1.165, 1.54) is 4.57 Å². The number of carbonyl (C=O) groups is 2. The van der Waals surface area contributed by atoms with Gasteiger partial charge in [-0.15, -0.1) is 0 Å². The Balaban J connectivity index is 0.00000196. The van der Waals surface area contributed by atoms with Crippen LogP contribution in [0.25, 0.3) is 22.0 Å². The van der Waals surface area contributed by atoms with Gasteiger partial charge in [-0.1, -0.05) is 46.3 Å². The summed E-state index contributed by atoms with van der Waals surface area (Å²) in [6, 6.07) is 12.2. The van der Waals surface area contributed by atoms with Crippen molar-refractivity contribution in [3.63, 3.8) is 0 Å². The fraction of sp³-hybridized carbons (Fsp3) is 0.105. The van der Waals surface area contributed by atoms with Crippen molar-refractivity contribution in [3.05, 3.63) is 68.4 Å². The zero-order valence-corrected chi connectivity index (χ0v) is 15.5. The minimum atomic E-state index is -1.24. The van der Waals surface area contributed by atoms with Gasteiger partial charge in [0.15, 0.2) is 5.78 Å². The fourth-order valence-electron chi connectivity index (χ4n) is 3.37. The molecule has 0 saturated carbocycles. The molecule has 1 aliphatic carbocycles. The molecule has 124 valence electrons. The predicted molar refractivity (Wildman–Crippen MR) is 94.4 cm³/mol. The summed E-state index contributed by atoms with van der Waals surface area (Å²) in [5, 5.41) is 11.9. The molecule has 0 radical (unpaired) electrons. The number of fused-ring (bicyclic) bond motifs is 5. The molecule has 0 unspecified atom stereocenters. The molecular weight excluding hydrogens is 393 g/mol. The zero-order valence-electron chi connectivity index (χ0n) is 13.9. The Hall–Kier alpha value is -2.13. The van der Waals surface area contributed by atoms with E-state index >= 15 is 0 Å². The molecule has 4 rings (SSSR count). The summed E-state index contributed by atoms with van der Waals surface area (Å²) in [4.78, 5) is 36.8. The number of carboxylic acid groups (broad SMARTS) is 1. The second kappa shape index (κ2) is 6.88. The number of carbonyl (C=O) groups excluding carboxylic acids is 2. The van der Waals surface area contributed by atoms with Gasteiger partial charge >= 0.3 is 18.9 Å². The molecule has 3 aromatic rings. The maximum Gasteiger partial charge on any atom is 1.00 e. The summed E-state index contributed by atoms with van der Waals surface area (Å²) in [5.41, 5.74) is 1.79. The van der Waals surface area contributed by atoms with Crippen LogP contribution < -0.4 is 29.5 Å². The first kappa shape index (κ1) is 18.7. The number of benzene rings is 2. The second-order valence-electron chi connectivity index (χ2n) is 5.87. The van der Waals surface area contributed by atoms with E-state index in [4.69, 9.17) is 0 Å². The van der Waals surface area contributed by atoms with Gasteiger partial charge in [0.05, 0.1) is 11.3 Å². The maximum absolute atomic E-state index is 13.0. The smallest absolute Gasteiger partial charge is 0.550 e. The molecule has 0 aliphatic heterocycles. The van der Waals surface area contributed by atoms with Crippen LogP contribution in [-0.4, -0.2) is 16.3 Å². The Labute approximate surface area is 168 Å². The number of aliphatic carboxylic acids is 1. The number of halogens is 1. The second-order valence-corrected chi connectivity index (χ2v) is 6.78. The van der Waals surface area contributed by atoms with Gasteiger partial charge in [0, 0.05) is 45.3 Å². The summed E-state index contributed by atoms with van der Waals surface area (Å²) < 4.78 is 2.09. The molecule has 0 amide bonds. The van der Waals surface area contributed by atoms with E-state index in [2.05, 4.69) is 15.9 Å². The number of ketones is 1. The van der Waals surface area contributed by atoms with E-state index in [0.717, 1.165) is 0 Å². The first-order valence-corrected chi connectivity index (χ1v) is 8.48. The molecule has 0 N–H and O–H groups in total. The average molecular weight is 404 g/mol. The average Bonchev–Trinajstić information content (AvgIpc) is 2.88. The van der Waals surface area contributed by atoms with Gasteiger partial charge in [0.25, 0.3) is 5.56 Å². The zero-order chi connectivity index (χ0) is 17.7. The van der Waals surface area contributed by atoms with Crippen LogP contribution in [0, 0.1) is 0 Å². The molecular formula is C19H11BrLiNO4. The standard InChI is InChI=1S/C19H12BrNO4.Li/c20-10-5-6-11-14(9-10)19(25)21(8-7-15(22)23)17-12-3-1-2-4-13(12)18(24)16(11)17;/h1-6,9H,7-8H2,(H,22,23);/q;+1/p-1. The molecule has 1 heterocycles. The Morgan fingerprint density at radius 2 is 1.73 bits per heavy atom. The summed E-state index contributed by atoms with van der Waals surface area (Å²) in [6.45, 7) is -0.0480. The molecule has 0 spiro atoms. The molecule has 0 bridgehead atoms. The van der Waals surface area contributed by atoms with Crippen molar-refractivity contribution < 1.29 is 33.6 Å². The van der Waals surface area contributed by atoms with Gasteiger partial charge in [-0.25, -0.2) is 0 Å². The Kier molecular flexibility index (Phi) is 4.94. The van der Waals surface area contributed by atoms with Gasteiger partial charge in [0.1, 0.15) is 0 Å². The third-order valence-corrected chi connectivity index (χ3v) is 4.92. The van der Waals surface area contributed by atoms with Crippen molar-refractivity contribution in [1.82, 2.24) is 4.57 Å². The van der Waals surface area contributed by atoms with Crippen molar-refractivity contribution in [1.29, 1.82) is 0 Å². The largest absolute Gasteiger partial charge is 1.00 e. The topological polar surface area (TPSA) is 79.2 Å². The van der Waals surface area contributed by atoms with Crippen LogP contribution in [0.3, 0.4) is 0 Å². The summed E-state index contributed by atoms with van der Waals surface area (Å²) >= 11 is 3.34. The molecule has 1 aliphatic rings. The first-order valence-electron chi connectivity index (χ1n) is 7.69. The van der Waals surface area contributed by atoms with E-state index in [0.29, 0.717) is 37.6 Å².